The lowest BCUT2D eigenvalue weighted by Crippen LogP contribution is -2.40. The summed E-state index contributed by atoms with van der Waals surface area (Å²) in [5.74, 6) is 8.56. The third-order valence-corrected chi connectivity index (χ3v) is 0.661. The molecule has 0 bridgehead atoms. The number of hydrogen-bond acceptors (Lipinski definition) is 5. The molecule has 58 valence electrons. The van der Waals surface area contributed by atoms with Crippen molar-refractivity contribution in [1.82, 2.24) is 10.7 Å². The highest BCUT2D eigenvalue weighted by Crippen LogP contribution is 1.65. The average molecular weight is 148 g/mol. The van der Waals surface area contributed by atoms with E-state index in [-0.39, 0.29) is 6.54 Å². The zero-order valence-corrected chi connectivity index (χ0v) is 5.09. The lowest BCUT2D eigenvalue weighted by molar-refractivity contribution is -0.120. The molecule has 0 rings (SSSR count). The number of hydrogen-bond donors (Lipinski definition) is 4. The Hall–Kier alpha value is -1.34. The van der Waals surface area contributed by atoms with Gasteiger partial charge in [-0.25, -0.2) is 10.6 Å². The molecule has 2 amide bonds. The van der Waals surface area contributed by atoms with Crippen molar-refractivity contribution in [3.63, 3.8) is 0 Å². The monoisotopic (exact) mass is 148 g/mol. The van der Waals surface area contributed by atoms with Crippen LogP contribution in [-0.4, -0.2) is 18.5 Å². The predicted molar refractivity (Wildman–Crippen MR) is 31.0 cm³/mol. The molecular formula is C3H8N4O3. The van der Waals surface area contributed by atoms with Gasteiger partial charge in [0.2, 0.25) is 0 Å². The summed E-state index contributed by atoms with van der Waals surface area (Å²) in [4.78, 5) is 24.1. The maximum atomic E-state index is 10.3. The molecule has 0 aromatic heterocycles. The molecule has 7 heteroatoms. The number of rotatable bonds is 2. The zero-order valence-electron chi connectivity index (χ0n) is 5.09. The van der Waals surface area contributed by atoms with Gasteiger partial charge in [0.05, 0.1) is 0 Å². The SMILES string of the molecule is NNC(=O)CNC(=O)ON. The Morgan fingerprint density at radius 1 is 1.50 bits per heavy atom. The van der Waals surface area contributed by atoms with Crippen LogP contribution in [0.25, 0.3) is 0 Å². The van der Waals surface area contributed by atoms with E-state index in [0.717, 1.165) is 0 Å². The van der Waals surface area contributed by atoms with E-state index >= 15 is 0 Å². The number of hydrazine groups is 1. The Kier molecular flexibility index (Phi) is 3.92. The van der Waals surface area contributed by atoms with Gasteiger partial charge in [-0.15, -0.1) is 0 Å². The third-order valence-electron chi connectivity index (χ3n) is 0.661. The molecule has 7 nitrogen and oxygen atoms in total. The summed E-state index contributed by atoms with van der Waals surface area (Å²) >= 11 is 0. The average Bonchev–Trinajstić information content (AvgIpc) is 1.99. The van der Waals surface area contributed by atoms with Crippen molar-refractivity contribution in [3.8, 4) is 0 Å². The van der Waals surface area contributed by atoms with Crippen molar-refractivity contribution in [2.24, 2.45) is 11.7 Å². The highest BCUT2D eigenvalue weighted by molar-refractivity contribution is 5.81. The van der Waals surface area contributed by atoms with Gasteiger partial charge in [0.25, 0.3) is 5.91 Å². The normalized spacial score (nSPS) is 8.20. The van der Waals surface area contributed by atoms with Gasteiger partial charge in [-0.1, -0.05) is 0 Å². The predicted octanol–water partition coefficient (Wildman–Crippen LogP) is -2.42. The molecule has 6 N–H and O–H groups in total. The second-order valence-corrected chi connectivity index (χ2v) is 1.33. The van der Waals surface area contributed by atoms with Crippen LogP contribution in [0.15, 0.2) is 0 Å². The first kappa shape index (κ1) is 8.66. The zero-order chi connectivity index (χ0) is 7.98. The largest absolute Gasteiger partial charge is 0.426 e. The van der Waals surface area contributed by atoms with Gasteiger partial charge in [0.15, 0.2) is 0 Å². The molecule has 0 aliphatic rings. The second-order valence-electron chi connectivity index (χ2n) is 1.33. The van der Waals surface area contributed by atoms with E-state index in [0.29, 0.717) is 0 Å². The van der Waals surface area contributed by atoms with Crippen LogP contribution in [-0.2, 0) is 9.63 Å². The number of carbonyl (C=O) groups excluding carboxylic acids is 2. The Labute approximate surface area is 56.6 Å². The molecule has 0 aromatic carbocycles. The van der Waals surface area contributed by atoms with Gasteiger partial charge in [-0.3, -0.25) is 10.2 Å². The van der Waals surface area contributed by atoms with Crippen LogP contribution in [0.3, 0.4) is 0 Å². The van der Waals surface area contributed by atoms with Crippen molar-refractivity contribution in [2.75, 3.05) is 6.54 Å². The summed E-state index contributed by atoms with van der Waals surface area (Å²) in [5, 5.41) is 2.00. The maximum absolute atomic E-state index is 10.3. The molecule has 0 radical (unpaired) electrons. The molecule has 0 atom stereocenters. The number of nitrogens with two attached hydrogens (primary N) is 2. The van der Waals surface area contributed by atoms with Gasteiger partial charge in [0.1, 0.15) is 6.54 Å². The fourth-order valence-corrected chi connectivity index (χ4v) is 0.245. The lowest BCUT2D eigenvalue weighted by Gasteiger charge is -1.99. The Bertz CT molecular complexity index is 120. The molecule has 0 aliphatic carbocycles. The molecule has 0 fully saturated rings. The van der Waals surface area contributed by atoms with Crippen molar-refractivity contribution in [2.45, 2.75) is 0 Å². The van der Waals surface area contributed by atoms with E-state index in [9.17, 15) is 9.59 Å². The van der Waals surface area contributed by atoms with E-state index < -0.39 is 12.0 Å². The summed E-state index contributed by atoms with van der Waals surface area (Å²) in [6.45, 7) is -0.257. The van der Waals surface area contributed by atoms with Crippen LogP contribution in [0.2, 0.25) is 0 Å². The minimum atomic E-state index is -0.886. The van der Waals surface area contributed by atoms with E-state index in [1.165, 1.54) is 0 Å². The van der Waals surface area contributed by atoms with Crippen LogP contribution >= 0.6 is 0 Å². The van der Waals surface area contributed by atoms with Crippen molar-refractivity contribution >= 4 is 12.0 Å². The second kappa shape index (κ2) is 4.53. The summed E-state index contributed by atoms with van der Waals surface area (Å²) in [5.41, 5.74) is 1.79. The fraction of sp³-hybridized carbons (Fsp3) is 0.333. The highest BCUT2D eigenvalue weighted by Gasteiger charge is 2.01. The summed E-state index contributed by atoms with van der Waals surface area (Å²) < 4.78 is 0. The first-order valence-electron chi connectivity index (χ1n) is 2.34. The molecule has 0 unspecified atom stereocenters. The molecule has 0 spiro atoms. The Morgan fingerprint density at radius 3 is 2.50 bits per heavy atom. The van der Waals surface area contributed by atoms with Gasteiger partial charge >= 0.3 is 6.09 Å². The maximum Gasteiger partial charge on any atom is 0.426 e. The topological polar surface area (TPSA) is 119 Å². The van der Waals surface area contributed by atoms with Crippen LogP contribution < -0.4 is 22.5 Å². The first-order chi connectivity index (χ1) is 4.70. The smallest absolute Gasteiger partial charge is 0.357 e. The first-order valence-corrected chi connectivity index (χ1v) is 2.34. The molecule has 0 heterocycles. The van der Waals surface area contributed by atoms with Gasteiger partial charge < -0.3 is 10.2 Å². The Morgan fingerprint density at radius 2 is 2.10 bits per heavy atom. The minimum absolute atomic E-state index is 0.257. The summed E-state index contributed by atoms with van der Waals surface area (Å²) in [6, 6.07) is 0. The number of nitrogens with one attached hydrogen (secondary N) is 2. The van der Waals surface area contributed by atoms with Crippen LogP contribution in [0.1, 0.15) is 0 Å². The molecule has 0 saturated heterocycles. The van der Waals surface area contributed by atoms with E-state index in [4.69, 9.17) is 0 Å². The van der Waals surface area contributed by atoms with Gasteiger partial charge in [-0.05, 0) is 0 Å². The molecule has 10 heavy (non-hydrogen) atoms. The summed E-state index contributed by atoms with van der Waals surface area (Å²) in [7, 11) is 0. The lowest BCUT2D eigenvalue weighted by atomic mass is 10.6. The van der Waals surface area contributed by atoms with Crippen LogP contribution in [0, 0.1) is 0 Å². The Balaban J connectivity index is 3.35. The van der Waals surface area contributed by atoms with Crippen LogP contribution in [0.5, 0.6) is 0 Å². The molecule has 0 aromatic rings. The highest BCUT2D eigenvalue weighted by atomic mass is 16.7. The van der Waals surface area contributed by atoms with E-state index in [2.05, 4.69) is 16.6 Å². The number of carbonyl (C=O) groups is 2. The van der Waals surface area contributed by atoms with Crippen molar-refractivity contribution in [1.29, 1.82) is 0 Å². The quantitative estimate of drug-likeness (QED) is 0.197. The van der Waals surface area contributed by atoms with E-state index in [1.54, 1.807) is 5.43 Å². The van der Waals surface area contributed by atoms with E-state index in [1.807, 2.05) is 5.32 Å². The molecular weight excluding hydrogens is 140 g/mol. The van der Waals surface area contributed by atoms with Crippen molar-refractivity contribution in [3.05, 3.63) is 0 Å². The third kappa shape index (κ3) is 3.64. The van der Waals surface area contributed by atoms with Gasteiger partial charge in [0, 0.05) is 0 Å². The molecule has 0 aliphatic heterocycles. The minimum Gasteiger partial charge on any atom is -0.357 e. The van der Waals surface area contributed by atoms with Crippen molar-refractivity contribution < 1.29 is 14.4 Å². The number of amides is 2. The van der Waals surface area contributed by atoms with Crippen LogP contribution in [0.4, 0.5) is 4.79 Å². The fourth-order valence-electron chi connectivity index (χ4n) is 0.245. The standard InChI is InChI=1S/C3H8N4O3/c4-7-2(8)1-6-3(9)10-5/h1,4-5H2,(H,6,9)(H,7,8). The molecule has 0 saturated carbocycles. The summed E-state index contributed by atoms with van der Waals surface area (Å²) in [6.07, 6.45) is -0.886. The van der Waals surface area contributed by atoms with Gasteiger partial charge in [-0.2, -0.15) is 5.90 Å².